The number of nitro groups is 1. The number of hydrogen-bond donors (Lipinski definition) is 0. The van der Waals surface area contributed by atoms with E-state index in [9.17, 15) is 10.1 Å². The Labute approximate surface area is 107 Å². The van der Waals surface area contributed by atoms with Gasteiger partial charge in [-0.3, -0.25) is 14.8 Å². The molecule has 0 saturated carbocycles. The first-order chi connectivity index (χ1) is 8.38. The third-order valence-corrected chi connectivity index (χ3v) is 2.42. The fourth-order valence-electron chi connectivity index (χ4n) is 1.52. The van der Waals surface area contributed by atoms with Gasteiger partial charge in [0.05, 0.1) is 41.7 Å². The summed E-state index contributed by atoms with van der Waals surface area (Å²) in [6.07, 6.45) is 1.41. The minimum absolute atomic E-state index is 0.166. The van der Waals surface area contributed by atoms with Gasteiger partial charge in [-0.25, -0.2) is 0 Å². The molecule has 88 valence electrons. The van der Waals surface area contributed by atoms with Gasteiger partial charge in [0.25, 0.3) is 0 Å². The molecule has 1 aromatic heterocycles. The van der Waals surface area contributed by atoms with E-state index < -0.39 is 10.2 Å². The predicted octanol–water partition coefficient (Wildman–Crippen LogP) is -0.968. The third kappa shape index (κ3) is 2.69. The maximum atomic E-state index is 10.9. The molecule has 1 atom stereocenters. The summed E-state index contributed by atoms with van der Waals surface area (Å²) in [7, 11) is 16.2. The van der Waals surface area contributed by atoms with Crippen molar-refractivity contribution in [1.29, 1.82) is 0 Å². The zero-order chi connectivity index (χ0) is 13.3. The van der Waals surface area contributed by atoms with Crippen LogP contribution in [0.15, 0.2) is 6.20 Å². The SMILES string of the molecule is [B]C([B])([B])n1cc([N+](=O)[O-])c(OC2CCOC2)n1. The van der Waals surface area contributed by atoms with Crippen LogP contribution in [-0.4, -0.2) is 57.6 Å². The predicted molar refractivity (Wildman–Crippen MR) is 64.0 cm³/mol. The van der Waals surface area contributed by atoms with Crippen molar-refractivity contribution in [2.45, 2.75) is 17.8 Å². The van der Waals surface area contributed by atoms with Crippen LogP contribution < -0.4 is 4.74 Å². The van der Waals surface area contributed by atoms with E-state index in [-0.39, 0.29) is 17.7 Å². The molecule has 0 aromatic carbocycles. The van der Waals surface area contributed by atoms with E-state index in [0.717, 1.165) is 10.9 Å². The van der Waals surface area contributed by atoms with Gasteiger partial charge < -0.3 is 9.47 Å². The van der Waals surface area contributed by atoms with Gasteiger partial charge in [0, 0.05) is 6.42 Å². The Bertz CT molecular complexity index is 453. The van der Waals surface area contributed by atoms with E-state index in [1.165, 1.54) is 0 Å². The zero-order valence-electron chi connectivity index (χ0n) is 9.48. The molecule has 0 aliphatic carbocycles. The molecule has 0 spiro atoms. The lowest BCUT2D eigenvalue weighted by Crippen LogP contribution is -2.35. The van der Waals surface area contributed by atoms with Crippen LogP contribution in [-0.2, 0) is 9.97 Å². The Balaban J connectivity index is 2.26. The van der Waals surface area contributed by atoms with E-state index in [2.05, 4.69) is 5.10 Å². The molecule has 1 saturated heterocycles. The molecule has 0 N–H and O–H groups in total. The Hall–Kier alpha value is -1.44. The van der Waals surface area contributed by atoms with E-state index in [1.54, 1.807) is 0 Å². The lowest BCUT2D eigenvalue weighted by Gasteiger charge is -2.19. The summed E-state index contributed by atoms with van der Waals surface area (Å²) < 4.78 is 11.4. The highest BCUT2D eigenvalue weighted by Crippen LogP contribution is 2.28. The van der Waals surface area contributed by atoms with Crippen molar-refractivity contribution in [1.82, 2.24) is 9.78 Å². The average Bonchev–Trinajstić information content (AvgIpc) is 2.85. The van der Waals surface area contributed by atoms with E-state index in [0.29, 0.717) is 19.6 Å². The second-order valence-electron chi connectivity index (χ2n) is 4.01. The van der Waals surface area contributed by atoms with Crippen LogP contribution in [0.4, 0.5) is 5.69 Å². The quantitative estimate of drug-likeness (QED) is 0.386. The fourth-order valence-corrected chi connectivity index (χ4v) is 1.52. The highest BCUT2D eigenvalue weighted by molar-refractivity contribution is 6.56. The molecule has 1 aromatic rings. The summed E-state index contributed by atoms with van der Waals surface area (Å²) in [5.41, 5.74) is -0.340. The van der Waals surface area contributed by atoms with Crippen molar-refractivity contribution in [3.05, 3.63) is 16.3 Å². The van der Waals surface area contributed by atoms with Crippen molar-refractivity contribution in [2.24, 2.45) is 0 Å². The maximum absolute atomic E-state index is 10.9. The minimum Gasteiger partial charge on any atom is -0.466 e. The van der Waals surface area contributed by atoms with Gasteiger partial charge in [-0.2, -0.15) is 0 Å². The van der Waals surface area contributed by atoms with Gasteiger partial charge >= 0.3 is 11.6 Å². The molecule has 10 heteroatoms. The molecule has 2 rings (SSSR count). The van der Waals surface area contributed by atoms with E-state index >= 15 is 0 Å². The van der Waals surface area contributed by atoms with Crippen LogP contribution in [0, 0.1) is 10.1 Å². The first-order valence-electron chi connectivity index (χ1n) is 5.23. The molecule has 2 heterocycles. The molecule has 6 radical (unpaired) electrons. The summed E-state index contributed by atoms with van der Waals surface area (Å²) in [6, 6.07) is 0. The molecule has 0 amide bonds. The largest absolute Gasteiger partial charge is 0.466 e. The van der Waals surface area contributed by atoms with Crippen LogP contribution >= 0.6 is 0 Å². The van der Waals surface area contributed by atoms with Crippen LogP contribution in [0.5, 0.6) is 5.88 Å². The molecule has 1 aliphatic heterocycles. The smallest absolute Gasteiger partial charge is 0.350 e. The molecule has 1 unspecified atom stereocenters. The number of nitrogens with zero attached hydrogens (tertiary/aromatic N) is 3. The first-order valence-corrected chi connectivity index (χ1v) is 5.23. The lowest BCUT2D eigenvalue weighted by molar-refractivity contribution is -0.386. The van der Waals surface area contributed by atoms with Crippen LogP contribution in [0.3, 0.4) is 0 Å². The van der Waals surface area contributed by atoms with Crippen LogP contribution in [0.2, 0.25) is 0 Å². The highest BCUT2D eigenvalue weighted by atomic mass is 16.6. The summed E-state index contributed by atoms with van der Waals surface area (Å²) in [5, 5.41) is 12.8. The van der Waals surface area contributed by atoms with Crippen LogP contribution in [0.1, 0.15) is 6.42 Å². The Morgan fingerprint density at radius 1 is 1.61 bits per heavy atom. The highest BCUT2D eigenvalue weighted by Gasteiger charge is 2.28. The first kappa shape index (κ1) is 13.0. The fraction of sp³-hybridized carbons (Fsp3) is 0.625. The molecular formula is C8H8B3N3O4. The van der Waals surface area contributed by atoms with E-state index in [1.807, 2.05) is 0 Å². The van der Waals surface area contributed by atoms with Gasteiger partial charge in [-0.05, 0) is 5.24 Å². The van der Waals surface area contributed by atoms with Gasteiger partial charge in [-0.15, -0.1) is 5.10 Å². The molecule has 18 heavy (non-hydrogen) atoms. The number of ether oxygens (including phenoxy) is 2. The number of aromatic nitrogens is 2. The molecule has 1 aliphatic rings. The third-order valence-electron chi connectivity index (χ3n) is 2.42. The monoisotopic (exact) mass is 243 g/mol. The average molecular weight is 243 g/mol. The molecular weight excluding hydrogens is 235 g/mol. The number of rotatable bonds is 4. The van der Waals surface area contributed by atoms with Crippen molar-refractivity contribution < 1.29 is 14.4 Å². The topological polar surface area (TPSA) is 79.4 Å². The van der Waals surface area contributed by atoms with Gasteiger partial charge in [0.15, 0.2) is 0 Å². The minimum atomic E-state index is -1.82. The summed E-state index contributed by atoms with van der Waals surface area (Å²) in [5.74, 6) is -0.166. The Kier molecular flexibility index (Phi) is 3.38. The van der Waals surface area contributed by atoms with Crippen molar-refractivity contribution in [3.63, 3.8) is 0 Å². The molecule has 7 nitrogen and oxygen atoms in total. The Morgan fingerprint density at radius 3 is 2.83 bits per heavy atom. The summed E-state index contributed by atoms with van der Waals surface area (Å²) >= 11 is 0. The van der Waals surface area contributed by atoms with E-state index in [4.69, 9.17) is 33.0 Å². The van der Waals surface area contributed by atoms with Gasteiger partial charge in [-0.1, -0.05) is 0 Å². The van der Waals surface area contributed by atoms with Crippen molar-refractivity contribution >= 4 is 29.2 Å². The zero-order valence-corrected chi connectivity index (χ0v) is 9.48. The van der Waals surface area contributed by atoms with Gasteiger partial charge in [0.2, 0.25) is 0 Å². The van der Waals surface area contributed by atoms with Crippen LogP contribution in [0.25, 0.3) is 0 Å². The molecule has 1 fully saturated rings. The summed E-state index contributed by atoms with van der Waals surface area (Å²) in [6.45, 7) is 0.914. The maximum Gasteiger partial charge on any atom is 0.350 e. The Morgan fingerprint density at radius 2 is 2.33 bits per heavy atom. The van der Waals surface area contributed by atoms with Gasteiger partial charge in [0.1, 0.15) is 12.3 Å². The number of hydrogen-bond acceptors (Lipinski definition) is 5. The summed E-state index contributed by atoms with van der Waals surface area (Å²) in [4.78, 5) is 10.2. The molecule has 0 bridgehead atoms. The standard InChI is InChI=1S/C8H8B3N3O4/c9-8(10,11)13-3-6(14(15)16)7(12-13)18-5-1-2-17-4-5/h3,5H,1-2,4H2. The second kappa shape index (κ2) is 4.68. The normalized spacial score (nSPS) is 19.9. The van der Waals surface area contributed by atoms with Crippen molar-refractivity contribution in [2.75, 3.05) is 13.2 Å². The second-order valence-corrected chi connectivity index (χ2v) is 4.01. The van der Waals surface area contributed by atoms with Crippen molar-refractivity contribution in [3.8, 4) is 5.88 Å². The lowest BCUT2D eigenvalue weighted by atomic mass is 9.49.